The van der Waals surface area contributed by atoms with Crippen molar-refractivity contribution in [2.24, 2.45) is 0 Å². The molecule has 2 N–H and O–H groups in total. The summed E-state index contributed by atoms with van der Waals surface area (Å²) >= 11 is 3.41. The topological polar surface area (TPSA) is 37.0 Å². The summed E-state index contributed by atoms with van der Waals surface area (Å²) < 4.78 is 0. The Bertz CT molecular complexity index is 673. The van der Waals surface area contributed by atoms with Crippen LogP contribution in [0.1, 0.15) is 11.8 Å². The molecule has 102 valence electrons. The van der Waals surface area contributed by atoms with Crippen LogP contribution in [0.4, 0.5) is 10.8 Å². The number of para-hydroxylation sites is 1. The summed E-state index contributed by atoms with van der Waals surface area (Å²) in [5, 5.41) is 2.95. The molecule has 0 radical (unpaired) electrons. The third-order valence-corrected chi connectivity index (χ3v) is 4.86. The summed E-state index contributed by atoms with van der Waals surface area (Å²) in [7, 11) is 0. The fraction of sp³-hybridized carbons (Fsp3) is 0.133. The number of nitrogens with zero attached hydrogens (tertiary/aromatic N) is 1. The van der Waals surface area contributed by atoms with Gasteiger partial charge in [0.05, 0.1) is 16.3 Å². The molecule has 0 aliphatic rings. The average molecular weight is 301 g/mol. The summed E-state index contributed by atoms with van der Waals surface area (Å²) in [6, 6.07) is 14.3. The van der Waals surface area contributed by atoms with Crippen molar-refractivity contribution in [3.05, 3.63) is 52.7 Å². The second-order valence-corrected chi connectivity index (χ2v) is 6.30. The van der Waals surface area contributed by atoms with Crippen molar-refractivity contribution >= 4 is 33.5 Å². The minimum Gasteiger partial charge on any atom is -0.299 e. The summed E-state index contributed by atoms with van der Waals surface area (Å²) in [5.41, 5.74) is 8.34. The second kappa shape index (κ2) is 6.07. The molecule has 20 heavy (non-hydrogen) atoms. The number of rotatable bonds is 5. The molecule has 0 fully saturated rings. The largest absolute Gasteiger partial charge is 0.299 e. The highest BCUT2D eigenvalue weighted by molar-refractivity contribution is 7.17. The zero-order valence-electron chi connectivity index (χ0n) is 11.1. The van der Waals surface area contributed by atoms with Gasteiger partial charge in [-0.25, -0.2) is 4.98 Å². The number of anilines is 2. The van der Waals surface area contributed by atoms with E-state index in [1.807, 2.05) is 41.7 Å². The number of hydrogen-bond donors (Lipinski definition) is 2. The number of benzene rings is 1. The maximum absolute atomic E-state index is 4.60. The monoisotopic (exact) mass is 301 g/mol. The Labute approximate surface area is 126 Å². The molecule has 0 amide bonds. The van der Waals surface area contributed by atoms with Gasteiger partial charge in [-0.1, -0.05) is 25.1 Å². The minimum atomic E-state index is 0.871. The van der Waals surface area contributed by atoms with E-state index in [-0.39, 0.29) is 0 Å². The van der Waals surface area contributed by atoms with Crippen molar-refractivity contribution in [3.8, 4) is 10.6 Å². The second-order valence-electron chi connectivity index (χ2n) is 4.27. The van der Waals surface area contributed by atoms with Crippen LogP contribution in [0.3, 0.4) is 0 Å². The number of aryl methyl sites for hydroxylation is 1. The van der Waals surface area contributed by atoms with Crippen LogP contribution in [0, 0.1) is 0 Å². The van der Waals surface area contributed by atoms with E-state index in [9.17, 15) is 0 Å². The number of hydrogen-bond acceptors (Lipinski definition) is 5. The summed E-state index contributed by atoms with van der Waals surface area (Å²) in [4.78, 5) is 7.22. The van der Waals surface area contributed by atoms with Crippen molar-refractivity contribution in [2.45, 2.75) is 13.3 Å². The van der Waals surface area contributed by atoms with Crippen LogP contribution in [-0.2, 0) is 6.42 Å². The van der Waals surface area contributed by atoms with E-state index in [4.69, 9.17) is 0 Å². The highest BCUT2D eigenvalue weighted by Gasteiger charge is 2.06. The number of thiophene rings is 1. The highest BCUT2D eigenvalue weighted by Crippen LogP contribution is 2.30. The molecule has 0 bridgehead atoms. The maximum atomic E-state index is 4.60. The molecule has 0 saturated heterocycles. The lowest BCUT2D eigenvalue weighted by molar-refractivity contribution is 1.19. The molecule has 3 rings (SSSR count). The molecule has 5 heteroatoms. The summed E-state index contributed by atoms with van der Waals surface area (Å²) in [6.45, 7) is 2.17. The number of thiazole rings is 1. The normalized spacial score (nSPS) is 10.4. The van der Waals surface area contributed by atoms with E-state index in [2.05, 4.69) is 40.3 Å². The van der Waals surface area contributed by atoms with Gasteiger partial charge < -0.3 is 0 Å². The SMILES string of the molecule is CCc1ccc(-c2csc(NNc3ccccc3)n2)s1. The standard InChI is InChI=1S/C15H15N3S2/c1-2-12-8-9-14(20-12)13-10-19-15(16-13)18-17-11-6-4-3-5-7-11/h3-10,17H,2H2,1H3,(H,16,18). The van der Waals surface area contributed by atoms with Gasteiger partial charge >= 0.3 is 0 Å². The lowest BCUT2D eigenvalue weighted by atomic mass is 10.3. The van der Waals surface area contributed by atoms with Crippen LogP contribution < -0.4 is 10.9 Å². The molecule has 0 spiro atoms. The van der Waals surface area contributed by atoms with Crippen LogP contribution >= 0.6 is 22.7 Å². The van der Waals surface area contributed by atoms with Crippen molar-refractivity contribution in [1.29, 1.82) is 0 Å². The molecule has 2 heterocycles. The average Bonchev–Trinajstić information content (AvgIpc) is 3.15. The van der Waals surface area contributed by atoms with Gasteiger partial charge in [0, 0.05) is 10.3 Å². The molecule has 3 aromatic rings. The van der Waals surface area contributed by atoms with E-state index in [1.54, 1.807) is 11.3 Å². The van der Waals surface area contributed by atoms with Crippen molar-refractivity contribution in [2.75, 3.05) is 10.9 Å². The third-order valence-electron chi connectivity index (χ3n) is 2.85. The molecule has 1 aromatic carbocycles. The van der Waals surface area contributed by atoms with Gasteiger partial charge in [-0.3, -0.25) is 10.9 Å². The van der Waals surface area contributed by atoms with E-state index >= 15 is 0 Å². The van der Waals surface area contributed by atoms with Gasteiger partial charge in [0.25, 0.3) is 0 Å². The first-order chi connectivity index (χ1) is 9.85. The molecule has 0 aliphatic heterocycles. The smallest absolute Gasteiger partial charge is 0.202 e. The van der Waals surface area contributed by atoms with Gasteiger partial charge in [-0.15, -0.1) is 22.7 Å². The van der Waals surface area contributed by atoms with E-state index in [0.29, 0.717) is 0 Å². The van der Waals surface area contributed by atoms with Crippen LogP contribution in [-0.4, -0.2) is 4.98 Å². The molecule has 3 nitrogen and oxygen atoms in total. The first-order valence-electron chi connectivity index (χ1n) is 6.47. The number of hydrazine groups is 1. The minimum absolute atomic E-state index is 0.871. The first-order valence-corrected chi connectivity index (χ1v) is 8.16. The molecular weight excluding hydrogens is 286 g/mol. The molecule has 2 aromatic heterocycles. The molecule has 0 saturated carbocycles. The van der Waals surface area contributed by atoms with Gasteiger partial charge in [-0.2, -0.15) is 0 Å². The Morgan fingerprint density at radius 3 is 2.65 bits per heavy atom. The van der Waals surface area contributed by atoms with Gasteiger partial charge in [-0.05, 0) is 30.7 Å². The van der Waals surface area contributed by atoms with Crippen LogP contribution in [0.5, 0.6) is 0 Å². The quantitative estimate of drug-likeness (QED) is 0.660. The van der Waals surface area contributed by atoms with Gasteiger partial charge in [0.2, 0.25) is 5.13 Å². The first kappa shape index (κ1) is 13.1. The summed E-state index contributed by atoms with van der Waals surface area (Å²) in [6.07, 6.45) is 1.08. The van der Waals surface area contributed by atoms with Crippen molar-refractivity contribution in [3.63, 3.8) is 0 Å². The lowest BCUT2D eigenvalue weighted by Gasteiger charge is -2.05. The predicted molar refractivity (Wildman–Crippen MR) is 88.5 cm³/mol. The maximum Gasteiger partial charge on any atom is 0.202 e. The predicted octanol–water partition coefficient (Wildman–Crippen LogP) is 4.87. The summed E-state index contributed by atoms with van der Waals surface area (Å²) in [5.74, 6) is 0. The van der Waals surface area contributed by atoms with Crippen molar-refractivity contribution in [1.82, 2.24) is 4.98 Å². The highest BCUT2D eigenvalue weighted by atomic mass is 32.1. The lowest BCUT2D eigenvalue weighted by Crippen LogP contribution is -2.07. The van der Waals surface area contributed by atoms with E-state index in [0.717, 1.165) is 22.9 Å². The molecule has 0 unspecified atom stereocenters. The fourth-order valence-corrected chi connectivity index (χ4v) is 3.44. The fourth-order valence-electron chi connectivity index (χ4n) is 1.80. The van der Waals surface area contributed by atoms with Crippen molar-refractivity contribution < 1.29 is 0 Å². The van der Waals surface area contributed by atoms with E-state index in [1.165, 1.54) is 9.75 Å². The zero-order valence-corrected chi connectivity index (χ0v) is 12.7. The number of aromatic nitrogens is 1. The zero-order chi connectivity index (χ0) is 13.8. The number of nitrogens with one attached hydrogen (secondary N) is 2. The van der Waals surface area contributed by atoms with Gasteiger partial charge in [0.1, 0.15) is 0 Å². The third kappa shape index (κ3) is 3.00. The van der Waals surface area contributed by atoms with E-state index < -0.39 is 0 Å². The molecular formula is C15H15N3S2. The van der Waals surface area contributed by atoms with Crippen LogP contribution in [0.2, 0.25) is 0 Å². The Kier molecular flexibility index (Phi) is 3.99. The van der Waals surface area contributed by atoms with Gasteiger partial charge in [0.15, 0.2) is 0 Å². The molecule has 0 atom stereocenters. The Hall–Kier alpha value is -1.85. The Morgan fingerprint density at radius 1 is 1.05 bits per heavy atom. The Morgan fingerprint density at radius 2 is 1.90 bits per heavy atom. The Balaban J connectivity index is 1.67. The molecule has 0 aliphatic carbocycles. The van der Waals surface area contributed by atoms with Crippen LogP contribution in [0.25, 0.3) is 10.6 Å². The van der Waals surface area contributed by atoms with Crippen LogP contribution in [0.15, 0.2) is 47.8 Å².